The van der Waals surface area contributed by atoms with Gasteiger partial charge in [-0.05, 0) is 18.8 Å². The van der Waals surface area contributed by atoms with E-state index in [0.717, 1.165) is 19.3 Å². The molecule has 2 nitrogen and oxygen atoms in total. The highest BCUT2D eigenvalue weighted by Gasteiger charge is 2.58. The molecule has 0 aromatic rings. The van der Waals surface area contributed by atoms with Crippen molar-refractivity contribution in [2.45, 2.75) is 71.4 Å². The summed E-state index contributed by atoms with van der Waals surface area (Å²) in [6, 6.07) is 0. The van der Waals surface area contributed by atoms with Crippen molar-refractivity contribution in [2.24, 2.45) is 5.92 Å². The monoisotopic (exact) mass is 260 g/mol. The molecular weight excluding hydrogens is 228 g/mol. The van der Waals surface area contributed by atoms with Crippen LogP contribution in [-0.4, -0.2) is 22.8 Å². The molecule has 0 radical (unpaired) electrons. The van der Waals surface area contributed by atoms with Gasteiger partial charge in [-0.3, -0.25) is 0 Å². The van der Waals surface area contributed by atoms with E-state index in [4.69, 9.17) is 8.85 Å². The topological polar surface area (TPSA) is 18.5 Å². The van der Waals surface area contributed by atoms with Crippen LogP contribution in [0.3, 0.4) is 0 Å². The highest BCUT2D eigenvalue weighted by molar-refractivity contribution is 6.72. The van der Waals surface area contributed by atoms with Crippen molar-refractivity contribution in [1.29, 1.82) is 0 Å². The van der Waals surface area contributed by atoms with E-state index in [0.29, 0.717) is 11.5 Å². The lowest BCUT2D eigenvalue weighted by Gasteiger charge is -2.50. The molecule has 0 aromatic carbocycles. The molecular formula is C14H32O2Si. The maximum Gasteiger partial charge on any atom is 0.347 e. The molecule has 0 bridgehead atoms. The van der Waals surface area contributed by atoms with Gasteiger partial charge in [-0.2, -0.15) is 0 Å². The smallest absolute Gasteiger partial charge is 0.347 e. The van der Waals surface area contributed by atoms with E-state index in [-0.39, 0.29) is 5.04 Å². The van der Waals surface area contributed by atoms with Crippen molar-refractivity contribution < 1.29 is 8.85 Å². The maximum absolute atomic E-state index is 6.07. The molecule has 1 atom stereocenters. The molecule has 0 N–H and O–H groups in total. The highest BCUT2D eigenvalue weighted by atomic mass is 28.4. The molecule has 0 aliphatic rings. The number of hydrogen-bond acceptors (Lipinski definition) is 2. The van der Waals surface area contributed by atoms with Crippen molar-refractivity contribution in [3.63, 3.8) is 0 Å². The molecule has 17 heavy (non-hydrogen) atoms. The first-order valence-electron chi connectivity index (χ1n) is 7.02. The molecule has 0 aliphatic carbocycles. The summed E-state index contributed by atoms with van der Waals surface area (Å²) in [5.41, 5.74) is 0.528. The summed E-state index contributed by atoms with van der Waals surface area (Å²) in [5.74, 6) is 0.595. The van der Waals surface area contributed by atoms with Gasteiger partial charge in [-0.15, -0.1) is 0 Å². The second-order valence-corrected chi connectivity index (χ2v) is 9.54. The zero-order valence-corrected chi connectivity index (χ0v) is 14.1. The largest absolute Gasteiger partial charge is 0.397 e. The van der Waals surface area contributed by atoms with Gasteiger partial charge in [0.25, 0.3) is 0 Å². The lowest BCUT2D eigenvalue weighted by Crippen LogP contribution is -2.57. The molecule has 0 aromatic heterocycles. The second-order valence-electron chi connectivity index (χ2n) is 5.40. The predicted molar refractivity (Wildman–Crippen MR) is 77.6 cm³/mol. The van der Waals surface area contributed by atoms with Crippen LogP contribution in [-0.2, 0) is 8.85 Å². The SMILES string of the molecule is CCC(C)[Si](OC)(OC)C(CC)(CC)C(C)C. The standard InChI is InChI=1S/C14H32O2Si/c1-9-13(6)17(15-7,16-8)14(10-2,11-3)12(4)5/h12-13H,9-11H2,1-8H3. The predicted octanol–water partition coefficient (Wildman–Crippen LogP) is 4.74. The van der Waals surface area contributed by atoms with Gasteiger partial charge in [-0.1, -0.05) is 48.0 Å². The fraction of sp³-hybridized carbons (Fsp3) is 1.00. The van der Waals surface area contributed by atoms with Crippen molar-refractivity contribution in [3.05, 3.63) is 0 Å². The normalized spacial score (nSPS) is 15.4. The van der Waals surface area contributed by atoms with E-state index in [1.165, 1.54) is 0 Å². The molecule has 3 heteroatoms. The van der Waals surface area contributed by atoms with Crippen molar-refractivity contribution in [2.75, 3.05) is 14.2 Å². The molecule has 0 spiro atoms. The fourth-order valence-corrected chi connectivity index (χ4v) is 8.71. The summed E-state index contributed by atoms with van der Waals surface area (Å²) in [6.07, 6.45) is 3.40. The Morgan fingerprint density at radius 1 is 0.941 bits per heavy atom. The van der Waals surface area contributed by atoms with Gasteiger partial charge in [-0.25, -0.2) is 0 Å². The minimum atomic E-state index is -2.19. The summed E-state index contributed by atoms with van der Waals surface area (Å²) in [7, 11) is 1.51. The van der Waals surface area contributed by atoms with Crippen LogP contribution in [0, 0.1) is 5.92 Å². The molecule has 104 valence electrons. The zero-order chi connectivity index (χ0) is 13.7. The van der Waals surface area contributed by atoms with Gasteiger partial charge in [0.1, 0.15) is 0 Å². The first-order chi connectivity index (χ1) is 7.92. The van der Waals surface area contributed by atoms with Gasteiger partial charge < -0.3 is 8.85 Å². The van der Waals surface area contributed by atoms with Crippen LogP contribution in [0.2, 0.25) is 10.6 Å². The van der Waals surface area contributed by atoms with Crippen LogP contribution >= 0.6 is 0 Å². The van der Waals surface area contributed by atoms with E-state index in [1.54, 1.807) is 0 Å². The van der Waals surface area contributed by atoms with Crippen molar-refractivity contribution >= 4 is 8.56 Å². The van der Waals surface area contributed by atoms with Crippen molar-refractivity contribution in [3.8, 4) is 0 Å². The average molecular weight is 260 g/mol. The maximum atomic E-state index is 6.07. The van der Waals surface area contributed by atoms with Gasteiger partial charge in [0.15, 0.2) is 0 Å². The van der Waals surface area contributed by atoms with Crippen LogP contribution in [0.4, 0.5) is 0 Å². The Bertz CT molecular complexity index is 208. The molecule has 0 heterocycles. The van der Waals surface area contributed by atoms with E-state index in [2.05, 4.69) is 41.5 Å². The summed E-state index contributed by atoms with van der Waals surface area (Å²) >= 11 is 0. The summed E-state index contributed by atoms with van der Waals surface area (Å²) in [5, 5.41) is 0.214. The third kappa shape index (κ3) is 2.61. The van der Waals surface area contributed by atoms with Crippen LogP contribution in [0.15, 0.2) is 0 Å². The molecule has 0 rings (SSSR count). The Labute approximate surface area is 109 Å². The van der Waals surface area contributed by atoms with Crippen LogP contribution in [0.1, 0.15) is 60.8 Å². The first kappa shape index (κ1) is 17.1. The lowest BCUT2D eigenvalue weighted by molar-refractivity contribution is 0.160. The number of hydrogen-bond donors (Lipinski definition) is 0. The van der Waals surface area contributed by atoms with Gasteiger partial charge in [0.05, 0.1) is 0 Å². The lowest BCUT2D eigenvalue weighted by atomic mass is 9.89. The zero-order valence-electron chi connectivity index (χ0n) is 13.1. The average Bonchev–Trinajstić information content (AvgIpc) is 2.35. The summed E-state index contributed by atoms with van der Waals surface area (Å²) in [6.45, 7) is 13.7. The minimum absolute atomic E-state index is 0.214. The van der Waals surface area contributed by atoms with Gasteiger partial charge >= 0.3 is 8.56 Å². The van der Waals surface area contributed by atoms with Crippen LogP contribution in [0.25, 0.3) is 0 Å². The van der Waals surface area contributed by atoms with Crippen molar-refractivity contribution in [1.82, 2.24) is 0 Å². The fourth-order valence-electron chi connectivity index (χ4n) is 3.61. The number of rotatable bonds is 8. The van der Waals surface area contributed by atoms with E-state index < -0.39 is 8.56 Å². The van der Waals surface area contributed by atoms with Crippen LogP contribution in [0.5, 0.6) is 0 Å². The third-order valence-corrected chi connectivity index (χ3v) is 10.5. The summed E-state index contributed by atoms with van der Waals surface area (Å²) in [4.78, 5) is 0. The Kier molecular flexibility index (Phi) is 6.96. The Morgan fingerprint density at radius 2 is 1.35 bits per heavy atom. The molecule has 0 aliphatic heterocycles. The Balaban J connectivity index is 5.67. The molecule has 0 saturated carbocycles. The molecule has 0 fully saturated rings. The molecule has 0 amide bonds. The van der Waals surface area contributed by atoms with Gasteiger partial charge in [0, 0.05) is 24.8 Å². The molecule has 1 unspecified atom stereocenters. The second kappa shape index (κ2) is 6.91. The van der Waals surface area contributed by atoms with Gasteiger partial charge in [0.2, 0.25) is 0 Å². The van der Waals surface area contributed by atoms with E-state index >= 15 is 0 Å². The minimum Gasteiger partial charge on any atom is -0.397 e. The first-order valence-corrected chi connectivity index (χ1v) is 8.91. The Hall–Kier alpha value is 0.137. The highest BCUT2D eigenvalue weighted by Crippen LogP contribution is 2.56. The van der Waals surface area contributed by atoms with E-state index in [1.807, 2.05) is 14.2 Å². The molecule has 0 saturated heterocycles. The van der Waals surface area contributed by atoms with Crippen LogP contribution < -0.4 is 0 Å². The quantitative estimate of drug-likeness (QED) is 0.587. The Morgan fingerprint density at radius 3 is 1.53 bits per heavy atom. The van der Waals surface area contributed by atoms with E-state index in [9.17, 15) is 0 Å². The third-order valence-electron chi connectivity index (χ3n) is 4.93. The summed E-state index contributed by atoms with van der Waals surface area (Å²) < 4.78 is 12.1.